The summed E-state index contributed by atoms with van der Waals surface area (Å²) in [5.74, 6) is 0.606. The maximum absolute atomic E-state index is 12.0. The van der Waals surface area contributed by atoms with Crippen LogP contribution in [0.2, 0.25) is 0 Å². The molecule has 2 N–H and O–H groups in total. The molecule has 0 saturated carbocycles. The van der Waals surface area contributed by atoms with Crippen LogP contribution in [-0.4, -0.2) is 29.2 Å². The van der Waals surface area contributed by atoms with Crippen LogP contribution in [0.1, 0.15) is 76.7 Å². The number of aliphatic hydroxyl groups is 1. The minimum atomic E-state index is -0.516. The fraction of sp³-hybridized carbons (Fsp3) is 0.667. The molecule has 1 unspecified atom stereocenters. The van der Waals surface area contributed by atoms with Crippen molar-refractivity contribution in [3.05, 3.63) is 23.8 Å². The molecule has 0 spiro atoms. The number of benzene rings is 1. The van der Waals surface area contributed by atoms with Crippen molar-refractivity contribution in [1.29, 1.82) is 0 Å². The van der Waals surface area contributed by atoms with Gasteiger partial charge in [-0.2, -0.15) is 0 Å². The van der Waals surface area contributed by atoms with Gasteiger partial charge in [-0.05, 0) is 30.5 Å². The number of ether oxygens (including phenoxy) is 1. The molecule has 0 heterocycles. The molecule has 1 aromatic carbocycles. The van der Waals surface area contributed by atoms with Gasteiger partial charge in [0.1, 0.15) is 5.78 Å². The van der Waals surface area contributed by atoms with Crippen LogP contribution in [0.15, 0.2) is 18.2 Å². The molecule has 0 aromatic heterocycles. The standard InChI is InChI=1S/C21H34O4/c1-3-4-5-6-7-8-9-10-18(22)16-19(23)13-11-17-12-14-20(24)21(15-17)25-2/h12,14-15,18,22,24H,3-11,13,16H2,1-2H3. The zero-order chi connectivity index (χ0) is 18.5. The first kappa shape index (κ1) is 21.5. The highest BCUT2D eigenvalue weighted by molar-refractivity contribution is 5.79. The second-order valence-corrected chi connectivity index (χ2v) is 6.81. The van der Waals surface area contributed by atoms with E-state index in [9.17, 15) is 15.0 Å². The summed E-state index contributed by atoms with van der Waals surface area (Å²) in [6, 6.07) is 5.12. The Morgan fingerprint density at radius 3 is 2.48 bits per heavy atom. The minimum absolute atomic E-state index is 0.0856. The summed E-state index contributed by atoms with van der Waals surface area (Å²) >= 11 is 0. The number of carbonyl (C=O) groups excluding carboxylic acids is 1. The molecule has 0 radical (unpaired) electrons. The number of phenols is 1. The summed E-state index contributed by atoms with van der Waals surface area (Å²) < 4.78 is 5.07. The quantitative estimate of drug-likeness (QED) is 0.473. The molecule has 142 valence electrons. The van der Waals surface area contributed by atoms with E-state index < -0.39 is 6.10 Å². The molecule has 4 heteroatoms. The van der Waals surface area contributed by atoms with Crippen LogP contribution in [0.4, 0.5) is 0 Å². The van der Waals surface area contributed by atoms with Gasteiger partial charge < -0.3 is 14.9 Å². The van der Waals surface area contributed by atoms with E-state index in [1.165, 1.54) is 39.2 Å². The number of aliphatic hydroxyl groups excluding tert-OH is 1. The van der Waals surface area contributed by atoms with E-state index in [0.717, 1.165) is 18.4 Å². The third-order valence-electron chi connectivity index (χ3n) is 4.54. The van der Waals surface area contributed by atoms with Gasteiger partial charge in [-0.15, -0.1) is 0 Å². The first-order chi connectivity index (χ1) is 12.1. The Kier molecular flexibility index (Phi) is 11.0. The van der Waals surface area contributed by atoms with Crippen LogP contribution < -0.4 is 4.74 Å². The monoisotopic (exact) mass is 350 g/mol. The largest absolute Gasteiger partial charge is 0.504 e. The topological polar surface area (TPSA) is 66.8 Å². The second-order valence-electron chi connectivity index (χ2n) is 6.81. The van der Waals surface area contributed by atoms with Crippen molar-refractivity contribution in [2.24, 2.45) is 0 Å². The zero-order valence-corrected chi connectivity index (χ0v) is 15.8. The minimum Gasteiger partial charge on any atom is -0.504 e. The van der Waals surface area contributed by atoms with Gasteiger partial charge in [0.25, 0.3) is 0 Å². The van der Waals surface area contributed by atoms with Gasteiger partial charge in [0.2, 0.25) is 0 Å². The third kappa shape index (κ3) is 9.49. The van der Waals surface area contributed by atoms with E-state index in [0.29, 0.717) is 25.0 Å². The van der Waals surface area contributed by atoms with Crippen LogP contribution in [0, 0.1) is 0 Å². The molecule has 0 saturated heterocycles. The summed E-state index contributed by atoms with van der Waals surface area (Å²) in [4.78, 5) is 12.0. The summed E-state index contributed by atoms with van der Waals surface area (Å²) in [5, 5.41) is 19.6. The number of carbonyl (C=O) groups is 1. The average molecular weight is 350 g/mol. The lowest BCUT2D eigenvalue weighted by atomic mass is 10.0. The molecule has 4 nitrogen and oxygen atoms in total. The third-order valence-corrected chi connectivity index (χ3v) is 4.54. The fourth-order valence-electron chi connectivity index (χ4n) is 2.97. The fourth-order valence-corrected chi connectivity index (χ4v) is 2.97. The molecule has 0 aliphatic rings. The lowest BCUT2D eigenvalue weighted by molar-refractivity contribution is -0.121. The highest BCUT2D eigenvalue weighted by Gasteiger charge is 2.11. The van der Waals surface area contributed by atoms with Gasteiger partial charge >= 0.3 is 0 Å². The van der Waals surface area contributed by atoms with E-state index in [4.69, 9.17) is 4.74 Å². The first-order valence-electron chi connectivity index (χ1n) is 9.62. The number of Topliss-reactive ketones (excluding diaryl/α,β-unsaturated/α-hetero) is 1. The number of methoxy groups -OCH3 is 1. The smallest absolute Gasteiger partial charge is 0.160 e. The van der Waals surface area contributed by atoms with Gasteiger partial charge in [-0.25, -0.2) is 0 Å². The number of hydrogen-bond acceptors (Lipinski definition) is 4. The maximum Gasteiger partial charge on any atom is 0.160 e. The summed E-state index contributed by atoms with van der Waals surface area (Å²) in [7, 11) is 1.50. The predicted octanol–water partition coefficient (Wildman–Crippen LogP) is 4.79. The molecular weight excluding hydrogens is 316 g/mol. The van der Waals surface area contributed by atoms with Crippen LogP contribution in [-0.2, 0) is 11.2 Å². The number of phenolic OH excluding ortho intramolecular Hbond substituents is 1. The molecule has 0 fully saturated rings. The maximum atomic E-state index is 12.0. The van der Waals surface area contributed by atoms with E-state index in [-0.39, 0.29) is 18.0 Å². The zero-order valence-electron chi connectivity index (χ0n) is 15.8. The lowest BCUT2D eigenvalue weighted by Crippen LogP contribution is -2.14. The van der Waals surface area contributed by atoms with Gasteiger partial charge in [-0.1, -0.05) is 57.9 Å². The molecule has 1 atom stereocenters. The van der Waals surface area contributed by atoms with Gasteiger partial charge in [0, 0.05) is 12.8 Å². The summed E-state index contributed by atoms with van der Waals surface area (Å²) in [6.45, 7) is 2.21. The van der Waals surface area contributed by atoms with E-state index in [1.54, 1.807) is 18.2 Å². The Morgan fingerprint density at radius 2 is 1.80 bits per heavy atom. The van der Waals surface area contributed by atoms with Gasteiger partial charge in [0.15, 0.2) is 11.5 Å². The Balaban J connectivity index is 2.16. The Hall–Kier alpha value is -1.55. The second kappa shape index (κ2) is 12.8. The first-order valence-corrected chi connectivity index (χ1v) is 9.62. The Morgan fingerprint density at radius 1 is 1.12 bits per heavy atom. The molecule has 0 aliphatic carbocycles. The number of aromatic hydroxyl groups is 1. The van der Waals surface area contributed by atoms with Crippen molar-refractivity contribution < 1.29 is 19.7 Å². The van der Waals surface area contributed by atoms with Gasteiger partial charge in [0.05, 0.1) is 13.2 Å². The number of rotatable bonds is 14. The van der Waals surface area contributed by atoms with Crippen LogP contribution in [0.3, 0.4) is 0 Å². The molecule has 1 aromatic rings. The highest BCUT2D eigenvalue weighted by Crippen LogP contribution is 2.26. The number of aryl methyl sites for hydroxylation is 1. The molecule has 0 amide bonds. The average Bonchev–Trinajstić information content (AvgIpc) is 2.60. The molecule has 0 bridgehead atoms. The SMILES string of the molecule is CCCCCCCCCC(O)CC(=O)CCc1ccc(O)c(OC)c1. The Bertz CT molecular complexity index is 499. The summed E-state index contributed by atoms with van der Waals surface area (Å²) in [5.41, 5.74) is 0.949. The number of unbranched alkanes of at least 4 members (excludes halogenated alkanes) is 6. The molecule has 0 aliphatic heterocycles. The summed E-state index contributed by atoms with van der Waals surface area (Å²) in [6.07, 6.45) is 9.96. The van der Waals surface area contributed by atoms with Crippen molar-refractivity contribution >= 4 is 5.78 Å². The predicted molar refractivity (Wildman–Crippen MR) is 101 cm³/mol. The van der Waals surface area contributed by atoms with Crippen LogP contribution in [0.25, 0.3) is 0 Å². The lowest BCUT2D eigenvalue weighted by Gasteiger charge is -2.10. The molecule has 1 rings (SSSR count). The number of ketones is 1. The highest BCUT2D eigenvalue weighted by atomic mass is 16.5. The van der Waals surface area contributed by atoms with E-state index in [1.807, 2.05) is 0 Å². The molecule has 25 heavy (non-hydrogen) atoms. The van der Waals surface area contributed by atoms with Crippen molar-refractivity contribution in [2.45, 2.75) is 83.7 Å². The number of hydrogen-bond donors (Lipinski definition) is 2. The van der Waals surface area contributed by atoms with E-state index in [2.05, 4.69) is 6.92 Å². The van der Waals surface area contributed by atoms with Crippen LogP contribution >= 0.6 is 0 Å². The molecular formula is C21H34O4. The van der Waals surface area contributed by atoms with Crippen molar-refractivity contribution in [3.8, 4) is 11.5 Å². The van der Waals surface area contributed by atoms with Crippen LogP contribution in [0.5, 0.6) is 11.5 Å². The normalized spacial score (nSPS) is 12.1. The van der Waals surface area contributed by atoms with Crippen molar-refractivity contribution in [2.75, 3.05) is 7.11 Å². The van der Waals surface area contributed by atoms with E-state index >= 15 is 0 Å². The Labute approximate surface area is 152 Å². The van der Waals surface area contributed by atoms with Crippen molar-refractivity contribution in [3.63, 3.8) is 0 Å². The van der Waals surface area contributed by atoms with Gasteiger partial charge in [-0.3, -0.25) is 4.79 Å². The van der Waals surface area contributed by atoms with Crippen molar-refractivity contribution in [1.82, 2.24) is 0 Å².